The molecule has 0 radical (unpaired) electrons. The van der Waals surface area contributed by atoms with E-state index < -0.39 is 12.6 Å². The molecule has 2 atom stereocenters. The van der Waals surface area contributed by atoms with Crippen LogP contribution in [0.4, 0.5) is 13.2 Å². The minimum atomic E-state index is -4.05. The highest BCUT2D eigenvalue weighted by molar-refractivity contribution is 14.0. The highest BCUT2D eigenvalue weighted by Crippen LogP contribution is 2.28. The Balaban J connectivity index is 0.00000441. The maximum Gasteiger partial charge on any atom is 0.389 e. The Morgan fingerprint density at radius 1 is 1.27 bits per heavy atom. The molecule has 1 rings (SSSR count). The number of halogens is 4. The van der Waals surface area contributed by atoms with Crippen molar-refractivity contribution in [1.82, 2.24) is 10.6 Å². The third kappa shape index (κ3) is 10.0. The van der Waals surface area contributed by atoms with Crippen molar-refractivity contribution in [3.8, 4) is 0 Å². The molecule has 0 aromatic heterocycles. The number of aliphatic imine (C=N–C) groups is 1. The van der Waals surface area contributed by atoms with Gasteiger partial charge in [0.25, 0.3) is 0 Å². The Labute approximate surface area is 152 Å². The van der Waals surface area contributed by atoms with Crippen LogP contribution in [0.3, 0.4) is 0 Å². The predicted molar refractivity (Wildman–Crippen MR) is 99.4 cm³/mol. The first-order valence-electron chi connectivity index (χ1n) is 7.59. The highest BCUT2D eigenvalue weighted by atomic mass is 127. The van der Waals surface area contributed by atoms with Crippen molar-refractivity contribution in [2.75, 3.05) is 19.3 Å². The number of unbranched alkanes of at least 4 members (excludes halogenated alkanes) is 1. The minimum absolute atomic E-state index is 0. The number of hydrogen-bond acceptors (Lipinski definition) is 2. The summed E-state index contributed by atoms with van der Waals surface area (Å²) in [7, 11) is 0. The maximum absolute atomic E-state index is 12.0. The lowest BCUT2D eigenvalue weighted by molar-refractivity contribution is -0.135. The van der Waals surface area contributed by atoms with Gasteiger partial charge in [0.2, 0.25) is 0 Å². The second-order valence-electron chi connectivity index (χ2n) is 5.34. The van der Waals surface area contributed by atoms with Gasteiger partial charge in [-0.2, -0.15) is 24.9 Å². The van der Waals surface area contributed by atoms with Crippen LogP contribution >= 0.6 is 35.7 Å². The third-order valence-corrected chi connectivity index (χ3v) is 4.64. The van der Waals surface area contributed by atoms with Gasteiger partial charge < -0.3 is 10.6 Å². The molecule has 132 valence electrons. The van der Waals surface area contributed by atoms with E-state index in [2.05, 4.69) is 21.9 Å². The van der Waals surface area contributed by atoms with E-state index in [1.165, 1.54) is 6.42 Å². The Hall–Kier alpha value is 0.140. The third-order valence-electron chi connectivity index (χ3n) is 3.54. The van der Waals surface area contributed by atoms with Gasteiger partial charge in [-0.1, -0.05) is 0 Å². The summed E-state index contributed by atoms with van der Waals surface area (Å²) in [5.41, 5.74) is 0. The van der Waals surface area contributed by atoms with Gasteiger partial charge in [-0.05, 0) is 45.3 Å². The van der Waals surface area contributed by atoms with Crippen molar-refractivity contribution in [2.24, 2.45) is 4.99 Å². The predicted octanol–water partition coefficient (Wildman–Crippen LogP) is 4.18. The fourth-order valence-electron chi connectivity index (χ4n) is 2.43. The number of rotatable bonds is 7. The first-order chi connectivity index (χ1) is 9.94. The smallest absolute Gasteiger partial charge is 0.357 e. The van der Waals surface area contributed by atoms with Crippen LogP contribution < -0.4 is 10.6 Å². The number of nitrogens with one attached hydrogen (secondary N) is 2. The van der Waals surface area contributed by atoms with E-state index in [0.29, 0.717) is 24.3 Å². The second-order valence-corrected chi connectivity index (χ2v) is 6.48. The van der Waals surface area contributed by atoms with Crippen LogP contribution in [0.25, 0.3) is 0 Å². The number of thioether (sulfide) groups is 1. The molecule has 8 heteroatoms. The minimum Gasteiger partial charge on any atom is -0.357 e. The van der Waals surface area contributed by atoms with Gasteiger partial charge in [-0.3, -0.25) is 4.99 Å². The summed E-state index contributed by atoms with van der Waals surface area (Å²) in [6.45, 7) is 3.18. The molecule has 1 aliphatic carbocycles. The van der Waals surface area contributed by atoms with Crippen LogP contribution in [0.2, 0.25) is 0 Å². The zero-order valence-electron chi connectivity index (χ0n) is 13.2. The summed E-state index contributed by atoms with van der Waals surface area (Å²) in [4.78, 5) is 4.37. The number of guanidine groups is 1. The van der Waals surface area contributed by atoms with Crippen molar-refractivity contribution >= 4 is 41.7 Å². The lowest BCUT2D eigenvalue weighted by atomic mass is 10.2. The van der Waals surface area contributed by atoms with E-state index in [4.69, 9.17) is 0 Å². The fourth-order valence-corrected chi connectivity index (χ4v) is 3.22. The first-order valence-corrected chi connectivity index (χ1v) is 8.87. The Morgan fingerprint density at radius 3 is 2.55 bits per heavy atom. The molecule has 0 heterocycles. The molecule has 0 spiro atoms. The van der Waals surface area contributed by atoms with Crippen molar-refractivity contribution in [1.29, 1.82) is 0 Å². The van der Waals surface area contributed by atoms with Gasteiger partial charge in [0.1, 0.15) is 0 Å². The summed E-state index contributed by atoms with van der Waals surface area (Å²) in [6, 6.07) is 0.426. The summed E-state index contributed by atoms with van der Waals surface area (Å²) >= 11 is 1.90. The molecule has 22 heavy (non-hydrogen) atoms. The first kappa shape index (κ1) is 22.1. The topological polar surface area (TPSA) is 36.4 Å². The van der Waals surface area contributed by atoms with Gasteiger partial charge in [-0.25, -0.2) is 0 Å². The molecular weight excluding hydrogens is 426 g/mol. The molecule has 0 amide bonds. The summed E-state index contributed by atoms with van der Waals surface area (Å²) in [5, 5.41) is 7.26. The molecule has 1 fully saturated rings. The molecule has 2 N–H and O–H groups in total. The van der Waals surface area contributed by atoms with E-state index in [1.807, 2.05) is 18.7 Å². The highest BCUT2D eigenvalue weighted by Gasteiger charge is 2.26. The van der Waals surface area contributed by atoms with Crippen molar-refractivity contribution in [2.45, 2.75) is 62.9 Å². The van der Waals surface area contributed by atoms with Crippen LogP contribution in [-0.2, 0) is 0 Å². The van der Waals surface area contributed by atoms with Crippen LogP contribution in [0.5, 0.6) is 0 Å². The molecule has 0 saturated heterocycles. The lowest BCUT2D eigenvalue weighted by Gasteiger charge is -2.17. The lowest BCUT2D eigenvalue weighted by Crippen LogP contribution is -2.42. The molecule has 0 aromatic rings. The van der Waals surface area contributed by atoms with Crippen molar-refractivity contribution in [3.63, 3.8) is 0 Å². The van der Waals surface area contributed by atoms with E-state index in [0.717, 1.165) is 25.3 Å². The van der Waals surface area contributed by atoms with E-state index in [1.54, 1.807) is 0 Å². The molecular formula is C14H27F3IN3S. The van der Waals surface area contributed by atoms with Crippen molar-refractivity contribution < 1.29 is 13.2 Å². The zero-order valence-corrected chi connectivity index (χ0v) is 16.4. The molecule has 0 aromatic carbocycles. The molecule has 2 unspecified atom stereocenters. The normalized spacial score (nSPS) is 22.3. The van der Waals surface area contributed by atoms with E-state index in [9.17, 15) is 13.2 Å². The Kier molecular flexibility index (Phi) is 11.7. The van der Waals surface area contributed by atoms with Crippen LogP contribution in [0, 0.1) is 0 Å². The second kappa shape index (κ2) is 11.6. The Morgan fingerprint density at radius 2 is 2.00 bits per heavy atom. The van der Waals surface area contributed by atoms with Gasteiger partial charge in [0.05, 0.1) is 0 Å². The largest absolute Gasteiger partial charge is 0.389 e. The molecule has 3 nitrogen and oxygen atoms in total. The summed E-state index contributed by atoms with van der Waals surface area (Å²) < 4.78 is 36.1. The zero-order chi connectivity index (χ0) is 15.7. The molecule has 0 bridgehead atoms. The number of hydrogen-bond donors (Lipinski definition) is 2. The Bertz CT molecular complexity index is 327. The summed E-state index contributed by atoms with van der Waals surface area (Å²) in [5.74, 6) is 0.733. The summed E-state index contributed by atoms with van der Waals surface area (Å²) in [6.07, 6.45) is 1.44. The fraction of sp³-hybridized carbons (Fsp3) is 0.929. The average Bonchev–Trinajstić information content (AvgIpc) is 2.85. The number of nitrogens with zero attached hydrogens (tertiary/aromatic N) is 1. The van der Waals surface area contributed by atoms with Crippen LogP contribution in [0.1, 0.15) is 45.4 Å². The van der Waals surface area contributed by atoms with E-state index >= 15 is 0 Å². The van der Waals surface area contributed by atoms with Gasteiger partial charge >= 0.3 is 6.18 Å². The monoisotopic (exact) mass is 453 g/mol. The number of alkyl halides is 3. The van der Waals surface area contributed by atoms with E-state index in [-0.39, 0.29) is 30.4 Å². The quantitative estimate of drug-likeness (QED) is 0.263. The average molecular weight is 453 g/mol. The molecule has 1 aliphatic rings. The van der Waals surface area contributed by atoms with Gasteiger partial charge in [0, 0.05) is 30.8 Å². The molecule has 0 aliphatic heterocycles. The maximum atomic E-state index is 12.0. The van der Waals surface area contributed by atoms with Gasteiger partial charge in [0.15, 0.2) is 5.96 Å². The van der Waals surface area contributed by atoms with Crippen LogP contribution in [0.15, 0.2) is 4.99 Å². The van der Waals surface area contributed by atoms with Crippen molar-refractivity contribution in [3.05, 3.63) is 0 Å². The molecule has 1 saturated carbocycles. The van der Waals surface area contributed by atoms with Crippen LogP contribution in [-0.4, -0.2) is 42.8 Å². The van der Waals surface area contributed by atoms with Gasteiger partial charge in [-0.15, -0.1) is 24.0 Å². The SMILES string of the molecule is CCNC(=NCCCCC(F)(F)F)NC1CCC(SC)C1.I. The standard InChI is InChI=1S/C14H26F3N3S.HI/c1-3-18-13(19-9-5-4-8-14(15,16)17)20-11-6-7-12(10-11)21-2;/h11-12H,3-10H2,1-2H3,(H2,18,19,20);1H.